The van der Waals surface area contributed by atoms with Gasteiger partial charge in [-0.1, -0.05) is 13.3 Å². The number of rotatable bonds is 5. The van der Waals surface area contributed by atoms with Gasteiger partial charge in [0.25, 0.3) is 0 Å². The predicted octanol–water partition coefficient (Wildman–Crippen LogP) is 0.930. The molecule has 1 fully saturated rings. The number of likely N-dealkylation sites (tertiary alicyclic amines) is 1. The molecular weight excluding hydrogens is 212 g/mol. The molecular formula is C10H22N2O2S. The molecule has 0 aromatic rings. The summed E-state index contributed by atoms with van der Waals surface area (Å²) in [6.07, 6.45) is 5.63. The molecule has 0 amide bonds. The fourth-order valence-electron chi connectivity index (χ4n) is 2.29. The van der Waals surface area contributed by atoms with Crippen molar-refractivity contribution in [2.24, 2.45) is 5.14 Å². The van der Waals surface area contributed by atoms with Crippen molar-refractivity contribution >= 4 is 10.0 Å². The van der Waals surface area contributed by atoms with Gasteiger partial charge >= 0.3 is 0 Å². The van der Waals surface area contributed by atoms with Crippen LogP contribution in [0.1, 0.15) is 39.0 Å². The molecule has 0 saturated carbocycles. The van der Waals surface area contributed by atoms with Crippen molar-refractivity contribution < 1.29 is 8.42 Å². The van der Waals surface area contributed by atoms with Crippen molar-refractivity contribution in [1.82, 2.24) is 4.90 Å². The normalized spacial score (nSPS) is 24.3. The van der Waals surface area contributed by atoms with Crippen molar-refractivity contribution in [2.75, 3.05) is 18.8 Å². The van der Waals surface area contributed by atoms with E-state index >= 15 is 0 Å². The largest absolute Gasteiger partial charge is 0.300 e. The van der Waals surface area contributed by atoms with Crippen LogP contribution >= 0.6 is 0 Å². The van der Waals surface area contributed by atoms with Crippen molar-refractivity contribution in [1.29, 1.82) is 0 Å². The number of piperidine rings is 1. The lowest BCUT2D eigenvalue weighted by atomic mass is 10.00. The van der Waals surface area contributed by atoms with Gasteiger partial charge in [0, 0.05) is 6.04 Å². The predicted molar refractivity (Wildman–Crippen MR) is 62.1 cm³/mol. The van der Waals surface area contributed by atoms with Crippen LogP contribution in [0.3, 0.4) is 0 Å². The first-order valence-electron chi connectivity index (χ1n) is 5.77. The van der Waals surface area contributed by atoms with Gasteiger partial charge in [-0.2, -0.15) is 0 Å². The Kier molecular flexibility index (Phi) is 5.02. The molecule has 1 saturated heterocycles. The highest BCUT2D eigenvalue weighted by Gasteiger charge is 2.20. The second-order valence-corrected chi connectivity index (χ2v) is 6.05. The smallest absolute Gasteiger partial charge is 0.209 e. The van der Waals surface area contributed by atoms with Gasteiger partial charge in [0.05, 0.1) is 5.75 Å². The lowest BCUT2D eigenvalue weighted by molar-refractivity contribution is 0.144. The summed E-state index contributed by atoms with van der Waals surface area (Å²) in [5, 5.41) is 4.97. The molecule has 15 heavy (non-hydrogen) atoms. The maximum absolute atomic E-state index is 10.8. The van der Waals surface area contributed by atoms with Crippen LogP contribution < -0.4 is 5.14 Å². The Morgan fingerprint density at radius 2 is 2.13 bits per heavy atom. The third kappa shape index (κ3) is 4.95. The molecule has 1 rings (SSSR count). The molecule has 1 unspecified atom stereocenters. The third-order valence-electron chi connectivity index (χ3n) is 3.09. The average Bonchev–Trinajstić information content (AvgIpc) is 2.16. The van der Waals surface area contributed by atoms with Crippen LogP contribution in [-0.4, -0.2) is 38.2 Å². The first kappa shape index (κ1) is 12.9. The number of primary sulfonamides is 1. The number of nitrogens with two attached hydrogens (primary N) is 1. The molecule has 4 nitrogen and oxygen atoms in total. The molecule has 1 atom stereocenters. The molecule has 0 radical (unpaired) electrons. The van der Waals surface area contributed by atoms with Gasteiger partial charge in [0.2, 0.25) is 10.0 Å². The van der Waals surface area contributed by atoms with Gasteiger partial charge < -0.3 is 4.90 Å². The zero-order valence-corrected chi connectivity index (χ0v) is 10.3. The number of sulfonamides is 1. The zero-order valence-electron chi connectivity index (χ0n) is 9.48. The molecule has 0 bridgehead atoms. The van der Waals surface area contributed by atoms with Crippen molar-refractivity contribution in [3.63, 3.8) is 0 Å². The number of nitrogens with zero attached hydrogens (tertiary/aromatic N) is 1. The molecule has 1 aliphatic heterocycles. The summed E-state index contributed by atoms with van der Waals surface area (Å²) in [4.78, 5) is 2.41. The minimum absolute atomic E-state index is 0.111. The van der Waals surface area contributed by atoms with E-state index in [1.54, 1.807) is 0 Å². The van der Waals surface area contributed by atoms with E-state index in [1.807, 2.05) is 0 Å². The SMILES string of the molecule is CCC1CCCCN1CCCS(N)(=O)=O. The highest BCUT2D eigenvalue weighted by atomic mass is 32.2. The van der Waals surface area contributed by atoms with E-state index in [1.165, 1.54) is 19.3 Å². The van der Waals surface area contributed by atoms with E-state index in [-0.39, 0.29) is 5.75 Å². The van der Waals surface area contributed by atoms with Gasteiger partial charge in [0.15, 0.2) is 0 Å². The lowest BCUT2D eigenvalue weighted by Gasteiger charge is -2.35. The summed E-state index contributed by atoms with van der Waals surface area (Å²) in [5.74, 6) is 0.111. The molecule has 0 aliphatic carbocycles. The van der Waals surface area contributed by atoms with Gasteiger partial charge in [-0.3, -0.25) is 0 Å². The molecule has 90 valence electrons. The number of hydrogen-bond donors (Lipinski definition) is 1. The zero-order chi connectivity index (χ0) is 11.3. The van der Waals surface area contributed by atoms with Crippen LogP contribution in [0.5, 0.6) is 0 Å². The Labute approximate surface area is 92.9 Å². The van der Waals surface area contributed by atoms with Crippen LogP contribution in [0, 0.1) is 0 Å². The Morgan fingerprint density at radius 3 is 2.73 bits per heavy atom. The highest BCUT2D eigenvalue weighted by Crippen LogP contribution is 2.19. The van der Waals surface area contributed by atoms with E-state index in [4.69, 9.17) is 5.14 Å². The second kappa shape index (κ2) is 5.82. The topological polar surface area (TPSA) is 63.4 Å². The summed E-state index contributed by atoms with van der Waals surface area (Å²) in [6, 6.07) is 0.652. The average molecular weight is 234 g/mol. The number of hydrogen-bond acceptors (Lipinski definition) is 3. The monoisotopic (exact) mass is 234 g/mol. The maximum Gasteiger partial charge on any atom is 0.209 e. The highest BCUT2D eigenvalue weighted by molar-refractivity contribution is 7.89. The molecule has 5 heteroatoms. The molecule has 0 spiro atoms. The Morgan fingerprint density at radius 1 is 1.40 bits per heavy atom. The van der Waals surface area contributed by atoms with E-state index in [0.717, 1.165) is 19.5 Å². The van der Waals surface area contributed by atoms with Crippen LogP contribution in [-0.2, 0) is 10.0 Å². The third-order valence-corrected chi connectivity index (χ3v) is 3.95. The van der Waals surface area contributed by atoms with Crippen molar-refractivity contribution in [3.8, 4) is 0 Å². The van der Waals surface area contributed by atoms with Gasteiger partial charge in [-0.25, -0.2) is 13.6 Å². The van der Waals surface area contributed by atoms with Crippen molar-refractivity contribution in [3.05, 3.63) is 0 Å². The fraction of sp³-hybridized carbons (Fsp3) is 1.00. The summed E-state index contributed by atoms with van der Waals surface area (Å²) in [7, 11) is -3.28. The summed E-state index contributed by atoms with van der Waals surface area (Å²) in [5.41, 5.74) is 0. The Bertz CT molecular complexity index is 277. The lowest BCUT2D eigenvalue weighted by Crippen LogP contribution is -2.40. The van der Waals surface area contributed by atoms with Crippen LogP contribution in [0.2, 0.25) is 0 Å². The van der Waals surface area contributed by atoms with Crippen LogP contribution in [0.25, 0.3) is 0 Å². The molecule has 1 aliphatic rings. The summed E-state index contributed by atoms with van der Waals surface area (Å²) in [6.45, 7) is 4.18. The van der Waals surface area contributed by atoms with Crippen molar-refractivity contribution in [2.45, 2.75) is 45.1 Å². The first-order valence-corrected chi connectivity index (χ1v) is 7.49. The van der Waals surface area contributed by atoms with Gasteiger partial charge in [0.1, 0.15) is 0 Å². The second-order valence-electron chi connectivity index (χ2n) is 4.31. The van der Waals surface area contributed by atoms with Crippen LogP contribution in [0.4, 0.5) is 0 Å². The molecule has 0 aromatic heterocycles. The Hall–Kier alpha value is -0.130. The molecule has 0 aromatic carbocycles. The quantitative estimate of drug-likeness (QED) is 0.769. The minimum atomic E-state index is -3.28. The van der Waals surface area contributed by atoms with Gasteiger partial charge in [-0.15, -0.1) is 0 Å². The van der Waals surface area contributed by atoms with E-state index in [2.05, 4.69) is 11.8 Å². The standard InChI is InChI=1S/C10H22N2O2S/c1-2-10-6-3-4-7-12(10)8-5-9-15(11,13)14/h10H,2-9H2,1H3,(H2,11,13,14). The fourth-order valence-corrected chi connectivity index (χ4v) is 2.82. The summed E-state index contributed by atoms with van der Waals surface area (Å²) >= 11 is 0. The van der Waals surface area contributed by atoms with E-state index < -0.39 is 10.0 Å². The molecule has 2 N–H and O–H groups in total. The Balaban J connectivity index is 2.29. The van der Waals surface area contributed by atoms with E-state index in [0.29, 0.717) is 12.5 Å². The van der Waals surface area contributed by atoms with Gasteiger partial charge in [-0.05, 0) is 38.8 Å². The summed E-state index contributed by atoms with van der Waals surface area (Å²) < 4.78 is 21.6. The first-order chi connectivity index (χ1) is 7.03. The maximum atomic E-state index is 10.8. The van der Waals surface area contributed by atoms with E-state index in [9.17, 15) is 8.42 Å². The minimum Gasteiger partial charge on any atom is -0.300 e. The molecule has 1 heterocycles. The van der Waals surface area contributed by atoms with Crippen LogP contribution in [0.15, 0.2) is 0 Å².